The van der Waals surface area contributed by atoms with Gasteiger partial charge in [-0.2, -0.15) is 0 Å². The summed E-state index contributed by atoms with van der Waals surface area (Å²) in [4.78, 5) is 35.4. The van der Waals surface area contributed by atoms with Crippen LogP contribution in [0.5, 0.6) is 0 Å². The third-order valence-corrected chi connectivity index (χ3v) is 17.0. The minimum atomic E-state index is -4.40. The fourth-order valence-corrected chi connectivity index (χ4v) is 11.3. The molecule has 0 aromatic carbocycles. The summed E-state index contributed by atoms with van der Waals surface area (Å²) in [5.74, 6) is -0.822. The predicted octanol–water partition coefficient (Wildman–Crippen LogP) is 25.2. The second-order valence-corrected chi connectivity index (χ2v) is 26.2. The van der Waals surface area contributed by atoms with Crippen molar-refractivity contribution in [3.05, 3.63) is 134 Å². The number of ether oxygens (including phenoxy) is 2. The van der Waals surface area contributed by atoms with Crippen LogP contribution >= 0.6 is 7.82 Å². The van der Waals surface area contributed by atoms with E-state index in [9.17, 15) is 19.0 Å². The van der Waals surface area contributed by atoms with Gasteiger partial charge in [0, 0.05) is 19.4 Å². The van der Waals surface area contributed by atoms with Crippen LogP contribution in [0.2, 0.25) is 0 Å². The van der Waals surface area contributed by atoms with Crippen molar-refractivity contribution >= 4 is 19.8 Å². The maximum Gasteiger partial charge on any atom is 0.472 e. The molecule has 0 aliphatic heterocycles. The smallest absolute Gasteiger partial charge is 0.462 e. The molecule has 0 radical (unpaired) electrons. The number of nitrogens with two attached hydrogens (primary N) is 1. The molecule has 2 unspecified atom stereocenters. The van der Waals surface area contributed by atoms with Crippen LogP contribution in [0.4, 0.5) is 0 Å². The van der Waals surface area contributed by atoms with Gasteiger partial charge in [-0.3, -0.25) is 18.6 Å². The van der Waals surface area contributed by atoms with Crippen molar-refractivity contribution in [2.45, 2.75) is 341 Å². The maximum absolute atomic E-state index is 12.8. The van der Waals surface area contributed by atoms with E-state index in [2.05, 4.69) is 148 Å². The topological polar surface area (TPSA) is 134 Å². The Morgan fingerprint density at radius 1 is 0.341 bits per heavy atom. The van der Waals surface area contributed by atoms with Gasteiger partial charge in [0.1, 0.15) is 6.61 Å². The van der Waals surface area contributed by atoms with Crippen LogP contribution in [-0.2, 0) is 32.7 Å². The lowest BCUT2D eigenvalue weighted by Gasteiger charge is -2.19. The summed E-state index contributed by atoms with van der Waals surface area (Å²) in [5.41, 5.74) is 5.41. The summed E-state index contributed by atoms with van der Waals surface area (Å²) in [7, 11) is -4.40. The number of allylic oxidation sites excluding steroid dienone is 22. The first-order valence-corrected chi connectivity index (χ1v) is 39.2. The van der Waals surface area contributed by atoms with Crippen LogP contribution in [0, 0.1) is 0 Å². The standard InChI is InChI=1S/C81H140NO8P/c1-3-5-7-9-11-13-15-17-19-21-23-25-27-29-31-33-35-36-37-38-39-40-41-42-44-46-48-50-52-54-56-58-60-62-64-66-68-70-72-74-81(84)90-79(78-89-91(85,86)88-76-75-82)77-87-80(83)73-71-69-67-65-63-61-59-57-55-53-51-49-47-45-43-34-32-30-28-26-24-22-20-18-16-14-12-10-8-6-4-2/h5,7,11,13,16-19,22-25,28-31,35-36,38-39,41-42,79H,3-4,6,8-10,12,14-15,20-21,26-27,32-34,37,40,43-78,82H2,1-2H3,(H,85,86)/b7-5-,13-11-,18-16-,19-17-,24-22-,25-23-,30-28-,31-29-,36-35-,39-38-,42-41-. The van der Waals surface area contributed by atoms with Gasteiger partial charge >= 0.3 is 19.8 Å². The van der Waals surface area contributed by atoms with Gasteiger partial charge in [0.05, 0.1) is 13.2 Å². The number of carbonyl (C=O) groups is 2. The van der Waals surface area contributed by atoms with Gasteiger partial charge in [0.2, 0.25) is 0 Å². The van der Waals surface area contributed by atoms with E-state index in [-0.39, 0.29) is 38.6 Å². The summed E-state index contributed by atoms with van der Waals surface area (Å²) in [6.07, 6.45) is 107. The van der Waals surface area contributed by atoms with Crippen molar-refractivity contribution in [2.24, 2.45) is 5.73 Å². The normalized spacial score (nSPS) is 13.7. The number of phosphoric ester groups is 1. The van der Waals surface area contributed by atoms with Crippen molar-refractivity contribution in [1.82, 2.24) is 0 Å². The second kappa shape index (κ2) is 75.2. The van der Waals surface area contributed by atoms with E-state index in [4.69, 9.17) is 24.3 Å². The molecule has 0 saturated heterocycles. The first-order valence-electron chi connectivity index (χ1n) is 37.7. The van der Waals surface area contributed by atoms with Crippen molar-refractivity contribution in [3.8, 4) is 0 Å². The molecule has 0 amide bonds. The molecule has 91 heavy (non-hydrogen) atoms. The predicted molar refractivity (Wildman–Crippen MR) is 394 cm³/mol. The van der Waals surface area contributed by atoms with Crippen LogP contribution < -0.4 is 5.73 Å². The highest BCUT2D eigenvalue weighted by molar-refractivity contribution is 7.47. The van der Waals surface area contributed by atoms with Gasteiger partial charge < -0.3 is 20.1 Å². The van der Waals surface area contributed by atoms with Crippen LogP contribution in [0.25, 0.3) is 0 Å². The molecule has 0 rings (SSSR count). The molecular weight excluding hydrogens is 1150 g/mol. The molecule has 3 N–H and O–H groups in total. The zero-order valence-electron chi connectivity index (χ0n) is 58.8. The zero-order valence-corrected chi connectivity index (χ0v) is 59.7. The Morgan fingerprint density at radius 3 is 0.901 bits per heavy atom. The Morgan fingerprint density at radius 2 is 0.604 bits per heavy atom. The molecule has 0 aliphatic rings. The van der Waals surface area contributed by atoms with Crippen LogP contribution in [0.15, 0.2) is 134 Å². The zero-order chi connectivity index (χ0) is 65.8. The molecule has 0 aromatic heterocycles. The number of rotatable bonds is 70. The SMILES string of the molecule is CC/C=C\C/C=C\C/C=C\C/C=C\C/C=C\C/C=C\C/C=C\C/C=C\CCCCCCCCCCCCCCCCC(=O)OC(COC(=O)CCCCCCCCCCCCCCCCCC/C=C\C/C=C\C/C=C\CCCCCCC)COP(=O)(O)OCCN. The highest BCUT2D eigenvalue weighted by Gasteiger charge is 2.26. The van der Waals surface area contributed by atoms with Crippen molar-refractivity contribution in [2.75, 3.05) is 26.4 Å². The van der Waals surface area contributed by atoms with E-state index in [1.54, 1.807) is 0 Å². The maximum atomic E-state index is 12.8. The molecule has 0 heterocycles. The van der Waals surface area contributed by atoms with E-state index in [0.717, 1.165) is 103 Å². The number of carbonyl (C=O) groups excluding carboxylic acids is 2. The Hall–Kier alpha value is -3.85. The fourth-order valence-electron chi connectivity index (χ4n) is 10.5. The first-order chi connectivity index (χ1) is 44.8. The molecule has 0 saturated carbocycles. The molecule has 2 atom stereocenters. The van der Waals surface area contributed by atoms with Crippen LogP contribution in [-0.4, -0.2) is 49.3 Å². The molecular formula is C81H140NO8P. The minimum absolute atomic E-state index is 0.0496. The Bertz CT molecular complexity index is 1960. The average molecular weight is 1290 g/mol. The van der Waals surface area contributed by atoms with Gasteiger partial charge in [0.15, 0.2) is 6.10 Å². The molecule has 10 heteroatoms. The van der Waals surface area contributed by atoms with E-state index in [0.29, 0.717) is 6.42 Å². The average Bonchev–Trinajstić information content (AvgIpc) is 3.71. The van der Waals surface area contributed by atoms with Gasteiger partial charge in [-0.15, -0.1) is 0 Å². The van der Waals surface area contributed by atoms with Crippen LogP contribution in [0.3, 0.4) is 0 Å². The number of phosphoric acid groups is 1. The number of unbranched alkanes of at least 4 members (excludes halogenated alkanes) is 35. The lowest BCUT2D eigenvalue weighted by molar-refractivity contribution is -0.161. The van der Waals surface area contributed by atoms with E-state index < -0.39 is 26.5 Å². The molecule has 0 aromatic rings. The van der Waals surface area contributed by atoms with Crippen molar-refractivity contribution in [1.29, 1.82) is 0 Å². The summed E-state index contributed by atoms with van der Waals surface area (Å²) in [6, 6.07) is 0. The minimum Gasteiger partial charge on any atom is -0.462 e. The Labute approximate surface area is 561 Å². The first kappa shape index (κ1) is 87.2. The van der Waals surface area contributed by atoms with Crippen molar-refractivity contribution in [3.63, 3.8) is 0 Å². The van der Waals surface area contributed by atoms with Gasteiger partial charge in [-0.1, -0.05) is 340 Å². The van der Waals surface area contributed by atoms with E-state index in [1.807, 2.05) is 0 Å². The van der Waals surface area contributed by atoms with Crippen LogP contribution in [0.1, 0.15) is 335 Å². The highest BCUT2D eigenvalue weighted by Crippen LogP contribution is 2.43. The Kier molecular flexibility index (Phi) is 72.0. The molecule has 0 aliphatic carbocycles. The van der Waals surface area contributed by atoms with Gasteiger partial charge in [-0.25, -0.2) is 4.57 Å². The summed E-state index contributed by atoms with van der Waals surface area (Å²) in [5, 5.41) is 0. The van der Waals surface area contributed by atoms with Gasteiger partial charge in [0.25, 0.3) is 0 Å². The lowest BCUT2D eigenvalue weighted by Crippen LogP contribution is -2.29. The lowest BCUT2D eigenvalue weighted by atomic mass is 10.0. The summed E-state index contributed by atoms with van der Waals surface area (Å²) < 4.78 is 33.2. The number of hydrogen-bond acceptors (Lipinski definition) is 8. The molecule has 0 fully saturated rings. The summed E-state index contributed by atoms with van der Waals surface area (Å²) >= 11 is 0. The third kappa shape index (κ3) is 75.1. The quantitative estimate of drug-likeness (QED) is 0.0264. The van der Waals surface area contributed by atoms with Crippen molar-refractivity contribution < 1.29 is 37.6 Å². The summed E-state index contributed by atoms with van der Waals surface area (Å²) in [6.45, 7) is 3.65. The molecule has 9 nitrogen and oxygen atoms in total. The molecule has 522 valence electrons. The highest BCUT2D eigenvalue weighted by atomic mass is 31.2. The fraction of sp³-hybridized carbons (Fsp3) is 0.704. The number of hydrogen-bond donors (Lipinski definition) is 2. The Balaban J connectivity index is 3.87. The van der Waals surface area contributed by atoms with Gasteiger partial charge in [-0.05, 0) is 116 Å². The monoisotopic (exact) mass is 1290 g/mol. The number of esters is 2. The molecule has 0 bridgehead atoms. The second-order valence-electron chi connectivity index (χ2n) is 24.8. The van der Waals surface area contributed by atoms with E-state index in [1.165, 1.54) is 199 Å². The van der Waals surface area contributed by atoms with E-state index >= 15 is 0 Å². The molecule has 0 spiro atoms. The third-order valence-electron chi connectivity index (χ3n) is 16.0. The largest absolute Gasteiger partial charge is 0.472 e.